The van der Waals surface area contributed by atoms with Gasteiger partial charge in [-0.05, 0) is 24.9 Å². The van der Waals surface area contributed by atoms with Gasteiger partial charge in [-0.1, -0.05) is 32.0 Å². The van der Waals surface area contributed by atoms with Crippen molar-refractivity contribution in [3.8, 4) is 0 Å². The zero-order valence-electron chi connectivity index (χ0n) is 12.4. The van der Waals surface area contributed by atoms with Crippen molar-refractivity contribution in [1.82, 2.24) is 10.0 Å². The minimum atomic E-state index is -3.48. The van der Waals surface area contributed by atoms with Gasteiger partial charge in [0.1, 0.15) is 4.90 Å². The Labute approximate surface area is 129 Å². The van der Waals surface area contributed by atoms with Crippen molar-refractivity contribution in [3.63, 3.8) is 0 Å². The average molecular weight is 324 g/mol. The monoisotopic (exact) mass is 324 g/mol. The standard InChI is InChI=1S/C15H20N2O2S2/c1-15(2)8-13(15)17-21(18,19)14-10-6-4-5-7-11(10)20-12(14)9-16-3/h4-7,13,16-17H,8-9H2,1-3H3. The van der Waals surface area contributed by atoms with Gasteiger partial charge < -0.3 is 5.32 Å². The Kier molecular flexibility index (Phi) is 3.60. The van der Waals surface area contributed by atoms with Crippen molar-refractivity contribution in [3.05, 3.63) is 29.1 Å². The Balaban J connectivity index is 2.07. The molecule has 0 bridgehead atoms. The molecular formula is C15H20N2O2S2. The maximum Gasteiger partial charge on any atom is 0.242 e. The molecule has 1 heterocycles. The van der Waals surface area contributed by atoms with Crippen LogP contribution in [0.5, 0.6) is 0 Å². The van der Waals surface area contributed by atoms with Crippen LogP contribution in [0.3, 0.4) is 0 Å². The van der Waals surface area contributed by atoms with Crippen molar-refractivity contribution < 1.29 is 8.42 Å². The lowest BCUT2D eigenvalue weighted by molar-refractivity contribution is 0.555. The molecule has 1 saturated carbocycles. The Morgan fingerprint density at radius 3 is 2.62 bits per heavy atom. The third-order valence-electron chi connectivity index (χ3n) is 4.03. The molecule has 2 N–H and O–H groups in total. The third-order valence-corrected chi connectivity index (χ3v) is 6.93. The summed E-state index contributed by atoms with van der Waals surface area (Å²) in [6.07, 6.45) is 0.898. The van der Waals surface area contributed by atoms with Crippen LogP contribution in [0.4, 0.5) is 0 Å². The van der Waals surface area contributed by atoms with E-state index in [1.807, 2.05) is 31.3 Å². The highest BCUT2D eigenvalue weighted by Gasteiger charge is 2.48. The molecule has 0 aliphatic heterocycles. The summed E-state index contributed by atoms with van der Waals surface area (Å²) in [6, 6.07) is 7.73. The zero-order valence-corrected chi connectivity index (χ0v) is 14.1. The van der Waals surface area contributed by atoms with Crippen molar-refractivity contribution in [2.24, 2.45) is 5.41 Å². The molecule has 3 rings (SSSR count). The number of benzene rings is 1. The van der Waals surface area contributed by atoms with Crippen LogP contribution in [0, 0.1) is 5.41 Å². The van der Waals surface area contributed by atoms with Crippen LogP contribution in [-0.2, 0) is 16.6 Å². The minimum absolute atomic E-state index is 0.0450. The summed E-state index contributed by atoms with van der Waals surface area (Å²) in [4.78, 5) is 1.31. The van der Waals surface area contributed by atoms with E-state index < -0.39 is 10.0 Å². The fourth-order valence-corrected chi connectivity index (χ4v) is 5.92. The van der Waals surface area contributed by atoms with Crippen LogP contribution in [0.1, 0.15) is 25.1 Å². The number of rotatable bonds is 5. The Morgan fingerprint density at radius 2 is 2.00 bits per heavy atom. The molecule has 1 unspecified atom stereocenters. The van der Waals surface area contributed by atoms with E-state index in [9.17, 15) is 8.42 Å². The Hall–Kier alpha value is -0.950. The smallest absolute Gasteiger partial charge is 0.242 e. The van der Waals surface area contributed by atoms with Crippen LogP contribution in [0.15, 0.2) is 29.2 Å². The molecule has 1 aliphatic rings. The van der Waals surface area contributed by atoms with Crippen LogP contribution in [0.25, 0.3) is 10.1 Å². The summed E-state index contributed by atoms with van der Waals surface area (Å²) >= 11 is 1.54. The first-order chi connectivity index (χ1) is 9.85. The lowest BCUT2D eigenvalue weighted by Gasteiger charge is -2.10. The molecule has 0 saturated heterocycles. The van der Waals surface area contributed by atoms with E-state index in [1.54, 1.807) is 11.3 Å². The van der Waals surface area contributed by atoms with Crippen LogP contribution in [0.2, 0.25) is 0 Å². The van der Waals surface area contributed by atoms with Gasteiger partial charge in [0.2, 0.25) is 10.0 Å². The van der Waals surface area contributed by atoms with Gasteiger partial charge in [0.25, 0.3) is 0 Å². The van der Waals surface area contributed by atoms with Gasteiger partial charge in [0, 0.05) is 27.5 Å². The van der Waals surface area contributed by atoms with Gasteiger partial charge in [-0.3, -0.25) is 0 Å². The third kappa shape index (κ3) is 2.73. The summed E-state index contributed by atoms with van der Waals surface area (Å²) in [7, 11) is -1.65. The lowest BCUT2D eigenvalue weighted by Crippen LogP contribution is -2.29. The second-order valence-corrected chi connectivity index (χ2v) is 9.04. The molecule has 4 nitrogen and oxygen atoms in total. The number of thiophene rings is 1. The molecule has 6 heteroatoms. The number of hydrogen-bond donors (Lipinski definition) is 2. The Bertz CT molecular complexity index is 778. The first kappa shape index (κ1) is 15.0. The molecule has 0 amide bonds. The highest BCUT2D eigenvalue weighted by atomic mass is 32.2. The van der Waals surface area contributed by atoms with Gasteiger partial charge in [-0.2, -0.15) is 0 Å². The molecule has 114 valence electrons. The highest BCUT2D eigenvalue weighted by Crippen LogP contribution is 2.46. The fraction of sp³-hybridized carbons (Fsp3) is 0.467. The summed E-state index contributed by atoms with van der Waals surface area (Å²) in [5, 5.41) is 3.88. The summed E-state index contributed by atoms with van der Waals surface area (Å²) in [5.74, 6) is 0. The van der Waals surface area contributed by atoms with Gasteiger partial charge in [0.15, 0.2) is 0 Å². The van der Waals surface area contributed by atoms with E-state index in [4.69, 9.17) is 0 Å². The molecule has 1 aliphatic carbocycles. The van der Waals surface area contributed by atoms with Crippen LogP contribution < -0.4 is 10.0 Å². The number of sulfonamides is 1. The second kappa shape index (κ2) is 5.05. The first-order valence-electron chi connectivity index (χ1n) is 7.02. The summed E-state index contributed by atoms with van der Waals surface area (Å²) in [5.41, 5.74) is 0.0715. The highest BCUT2D eigenvalue weighted by molar-refractivity contribution is 7.90. The zero-order chi connectivity index (χ0) is 15.3. The van der Waals surface area contributed by atoms with E-state index in [1.165, 1.54) is 0 Å². The molecule has 0 spiro atoms. The molecule has 1 aromatic carbocycles. The van der Waals surface area contributed by atoms with Gasteiger partial charge >= 0.3 is 0 Å². The predicted octanol–water partition coefficient (Wildman–Crippen LogP) is 2.70. The first-order valence-corrected chi connectivity index (χ1v) is 9.32. The molecule has 2 aromatic rings. The minimum Gasteiger partial charge on any atom is -0.315 e. The van der Waals surface area contributed by atoms with Crippen molar-refractivity contribution in [2.75, 3.05) is 7.05 Å². The van der Waals surface area contributed by atoms with Crippen LogP contribution in [-0.4, -0.2) is 21.5 Å². The second-order valence-electron chi connectivity index (χ2n) is 6.25. The van der Waals surface area contributed by atoms with E-state index in [0.717, 1.165) is 21.4 Å². The van der Waals surface area contributed by atoms with Gasteiger partial charge in [-0.25, -0.2) is 13.1 Å². The SMILES string of the molecule is CNCc1sc2ccccc2c1S(=O)(=O)NC1CC1(C)C. The van der Waals surface area contributed by atoms with Crippen molar-refractivity contribution in [1.29, 1.82) is 0 Å². The molecule has 1 atom stereocenters. The molecular weight excluding hydrogens is 304 g/mol. The van der Waals surface area contributed by atoms with E-state index >= 15 is 0 Å². The summed E-state index contributed by atoms with van der Waals surface area (Å²) < 4.78 is 29.5. The number of hydrogen-bond acceptors (Lipinski definition) is 4. The van der Waals surface area contributed by atoms with E-state index in [-0.39, 0.29) is 11.5 Å². The van der Waals surface area contributed by atoms with Crippen LogP contribution >= 0.6 is 11.3 Å². The largest absolute Gasteiger partial charge is 0.315 e. The normalized spacial score (nSPS) is 20.8. The molecule has 1 aromatic heterocycles. The molecule has 0 radical (unpaired) electrons. The van der Waals surface area contributed by atoms with E-state index in [0.29, 0.717) is 11.4 Å². The maximum absolute atomic E-state index is 12.8. The van der Waals surface area contributed by atoms with Crippen molar-refractivity contribution in [2.45, 2.75) is 37.8 Å². The fourth-order valence-electron chi connectivity index (χ4n) is 2.56. The summed E-state index contributed by atoms with van der Waals surface area (Å²) in [6.45, 7) is 4.73. The topological polar surface area (TPSA) is 58.2 Å². The lowest BCUT2D eigenvalue weighted by atomic mass is 10.2. The predicted molar refractivity (Wildman–Crippen MR) is 87.1 cm³/mol. The Morgan fingerprint density at radius 1 is 1.33 bits per heavy atom. The number of nitrogens with one attached hydrogen (secondary N) is 2. The average Bonchev–Trinajstić information content (AvgIpc) is 2.84. The van der Waals surface area contributed by atoms with E-state index in [2.05, 4.69) is 23.9 Å². The quantitative estimate of drug-likeness (QED) is 0.889. The molecule has 1 fully saturated rings. The maximum atomic E-state index is 12.8. The van der Waals surface area contributed by atoms with Gasteiger partial charge in [-0.15, -0.1) is 11.3 Å². The number of fused-ring (bicyclic) bond motifs is 1. The molecule has 21 heavy (non-hydrogen) atoms. The van der Waals surface area contributed by atoms with Crippen molar-refractivity contribution >= 4 is 31.4 Å². The van der Waals surface area contributed by atoms with Gasteiger partial charge in [0.05, 0.1) is 0 Å².